The van der Waals surface area contributed by atoms with Crippen molar-refractivity contribution in [3.05, 3.63) is 0 Å². The molecule has 0 unspecified atom stereocenters. The van der Waals surface area contributed by atoms with E-state index in [2.05, 4.69) is 5.32 Å². The van der Waals surface area contributed by atoms with Crippen molar-refractivity contribution < 1.29 is 9.53 Å². The third kappa shape index (κ3) is 1.82. The van der Waals surface area contributed by atoms with E-state index in [1.54, 1.807) is 7.11 Å². The van der Waals surface area contributed by atoms with Crippen molar-refractivity contribution in [1.82, 2.24) is 5.32 Å². The van der Waals surface area contributed by atoms with E-state index in [1.165, 1.54) is 0 Å². The summed E-state index contributed by atoms with van der Waals surface area (Å²) in [6.07, 6.45) is 4.73. The number of ether oxygens (including phenoxy) is 1. The Labute approximate surface area is 101 Å². The first-order valence-corrected chi connectivity index (χ1v) is 6.13. The minimum Gasteiger partial charge on any atom is -0.392 e. The van der Waals surface area contributed by atoms with Gasteiger partial charge < -0.3 is 15.8 Å². The number of rotatable bonds is 4. The van der Waals surface area contributed by atoms with Gasteiger partial charge in [-0.15, -0.1) is 0 Å². The third-order valence-corrected chi connectivity index (χ3v) is 4.27. The molecular weight excluding hydrogens is 224 g/mol. The Balaban J connectivity index is 1.86. The smallest absolute Gasteiger partial charge is 0.233 e. The van der Waals surface area contributed by atoms with Crippen LogP contribution in [0, 0.1) is 5.41 Å². The molecule has 4 nitrogen and oxygen atoms in total. The van der Waals surface area contributed by atoms with E-state index in [0.717, 1.165) is 32.1 Å². The Kier molecular flexibility index (Phi) is 3.17. The molecule has 0 atom stereocenters. The molecule has 0 aromatic carbocycles. The highest BCUT2D eigenvalue weighted by Gasteiger charge is 2.48. The van der Waals surface area contributed by atoms with E-state index in [0.29, 0.717) is 11.1 Å². The molecule has 2 aliphatic carbocycles. The number of carbonyl (C=O) groups excluding carboxylic acids is 1. The lowest BCUT2D eigenvalue weighted by Crippen LogP contribution is -2.58. The molecule has 0 aromatic heterocycles. The van der Waals surface area contributed by atoms with E-state index in [4.69, 9.17) is 22.7 Å². The van der Waals surface area contributed by atoms with E-state index in [9.17, 15) is 4.79 Å². The molecule has 2 rings (SSSR count). The predicted octanol–water partition coefficient (Wildman–Crippen LogP) is 0.736. The zero-order valence-corrected chi connectivity index (χ0v) is 10.3. The van der Waals surface area contributed by atoms with Crippen LogP contribution in [0.3, 0.4) is 0 Å². The van der Waals surface area contributed by atoms with Gasteiger partial charge in [0.15, 0.2) is 0 Å². The summed E-state index contributed by atoms with van der Waals surface area (Å²) in [6, 6.07) is 0.240. The highest BCUT2D eigenvalue weighted by Crippen LogP contribution is 2.42. The van der Waals surface area contributed by atoms with Gasteiger partial charge in [0.25, 0.3) is 0 Å². The first kappa shape index (κ1) is 11.8. The van der Waals surface area contributed by atoms with Gasteiger partial charge in [0.05, 0.1) is 16.5 Å². The van der Waals surface area contributed by atoms with Gasteiger partial charge >= 0.3 is 0 Å². The van der Waals surface area contributed by atoms with Crippen molar-refractivity contribution in [3.63, 3.8) is 0 Å². The Morgan fingerprint density at radius 3 is 2.50 bits per heavy atom. The lowest BCUT2D eigenvalue weighted by atomic mass is 9.67. The van der Waals surface area contributed by atoms with Gasteiger partial charge in [-0.1, -0.05) is 18.6 Å². The van der Waals surface area contributed by atoms with Gasteiger partial charge in [-0.2, -0.15) is 0 Å². The van der Waals surface area contributed by atoms with Gasteiger partial charge in [-0.05, 0) is 25.7 Å². The van der Waals surface area contributed by atoms with Crippen molar-refractivity contribution >= 4 is 23.1 Å². The second kappa shape index (κ2) is 4.30. The minimum atomic E-state index is -0.548. The summed E-state index contributed by atoms with van der Waals surface area (Å²) in [5.41, 5.74) is 5.12. The Bertz CT molecular complexity index is 309. The van der Waals surface area contributed by atoms with Crippen LogP contribution in [0.5, 0.6) is 0 Å². The van der Waals surface area contributed by atoms with Crippen LogP contribution in [-0.4, -0.2) is 30.2 Å². The average molecular weight is 242 g/mol. The summed E-state index contributed by atoms with van der Waals surface area (Å²) in [5, 5.41) is 3.02. The molecule has 0 heterocycles. The maximum Gasteiger partial charge on any atom is 0.233 e. The van der Waals surface area contributed by atoms with Crippen molar-refractivity contribution in [1.29, 1.82) is 0 Å². The molecule has 16 heavy (non-hydrogen) atoms. The monoisotopic (exact) mass is 242 g/mol. The summed E-state index contributed by atoms with van der Waals surface area (Å²) >= 11 is 5.00. The number of nitrogens with two attached hydrogens (primary N) is 1. The fourth-order valence-corrected chi connectivity index (χ4v) is 2.61. The zero-order valence-electron chi connectivity index (χ0n) is 9.49. The molecule has 0 spiro atoms. The van der Waals surface area contributed by atoms with E-state index >= 15 is 0 Å². The summed E-state index contributed by atoms with van der Waals surface area (Å²) in [6.45, 7) is 0. The van der Waals surface area contributed by atoms with Crippen LogP contribution in [0.25, 0.3) is 0 Å². The maximum absolute atomic E-state index is 12.1. The van der Waals surface area contributed by atoms with Gasteiger partial charge in [0, 0.05) is 13.2 Å². The molecule has 2 aliphatic rings. The van der Waals surface area contributed by atoms with Crippen molar-refractivity contribution in [2.45, 2.75) is 44.2 Å². The fourth-order valence-electron chi connectivity index (χ4n) is 2.32. The van der Waals surface area contributed by atoms with Crippen LogP contribution < -0.4 is 11.1 Å². The molecule has 0 aromatic rings. The summed E-state index contributed by atoms with van der Waals surface area (Å²) in [4.78, 5) is 12.4. The number of hydrogen-bond acceptors (Lipinski definition) is 3. The van der Waals surface area contributed by atoms with Crippen LogP contribution in [-0.2, 0) is 9.53 Å². The molecule has 0 bridgehead atoms. The fraction of sp³-hybridized carbons (Fsp3) is 0.818. The first-order chi connectivity index (χ1) is 7.58. The second-order valence-electron chi connectivity index (χ2n) is 4.80. The van der Waals surface area contributed by atoms with Crippen LogP contribution in [0.1, 0.15) is 32.1 Å². The quantitative estimate of drug-likeness (QED) is 0.714. The molecule has 5 heteroatoms. The summed E-state index contributed by atoms with van der Waals surface area (Å²) in [7, 11) is 1.70. The molecule has 0 aliphatic heterocycles. The molecule has 2 fully saturated rings. The molecule has 1 amide bonds. The standard InChI is InChI=1S/C11H18N2O2S/c1-15-8-5-7(6-8)13-10(14)11(9(12)16)3-2-4-11/h7-8H,2-6H2,1H3,(H2,12,16)(H,13,14). The van der Waals surface area contributed by atoms with Crippen molar-refractivity contribution in [2.75, 3.05) is 7.11 Å². The highest BCUT2D eigenvalue weighted by molar-refractivity contribution is 7.80. The van der Waals surface area contributed by atoms with E-state index < -0.39 is 5.41 Å². The predicted molar refractivity (Wildman–Crippen MR) is 65.0 cm³/mol. The van der Waals surface area contributed by atoms with Crippen molar-refractivity contribution in [2.24, 2.45) is 11.1 Å². The topological polar surface area (TPSA) is 64.3 Å². The minimum absolute atomic E-state index is 0.0193. The van der Waals surface area contributed by atoms with Crippen LogP contribution in [0.4, 0.5) is 0 Å². The van der Waals surface area contributed by atoms with Crippen LogP contribution in [0.2, 0.25) is 0 Å². The molecule has 0 saturated heterocycles. The SMILES string of the molecule is COC1CC(NC(=O)C2(C(N)=S)CCC2)C1. The Morgan fingerprint density at radius 1 is 1.50 bits per heavy atom. The normalized spacial score (nSPS) is 31.1. The first-order valence-electron chi connectivity index (χ1n) is 5.72. The number of methoxy groups -OCH3 is 1. The van der Waals surface area contributed by atoms with Gasteiger partial charge in [0.1, 0.15) is 0 Å². The van der Waals surface area contributed by atoms with E-state index in [-0.39, 0.29) is 11.9 Å². The highest BCUT2D eigenvalue weighted by atomic mass is 32.1. The molecule has 0 radical (unpaired) electrons. The zero-order chi connectivity index (χ0) is 11.8. The number of hydrogen-bond donors (Lipinski definition) is 2. The number of nitrogens with one attached hydrogen (secondary N) is 1. The van der Waals surface area contributed by atoms with E-state index in [1.807, 2.05) is 0 Å². The molecule has 2 saturated carbocycles. The lowest BCUT2D eigenvalue weighted by Gasteiger charge is -2.42. The second-order valence-corrected chi connectivity index (χ2v) is 5.24. The average Bonchev–Trinajstić information content (AvgIpc) is 2.07. The summed E-state index contributed by atoms with van der Waals surface area (Å²) in [5.74, 6) is 0.0193. The largest absolute Gasteiger partial charge is 0.392 e. The lowest BCUT2D eigenvalue weighted by molar-refractivity contribution is -0.133. The summed E-state index contributed by atoms with van der Waals surface area (Å²) < 4.78 is 5.17. The van der Waals surface area contributed by atoms with Crippen molar-refractivity contribution in [3.8, 4) is 0 Å². The van der Waals surface area contributed by atoms with Crippen LogP contribution in [0.15, 0.2) is 0 Å². The molecule has 3 N–H and O–H groups in total. The van der Waals surface area contributed by atoms with Gasteiger partial charge in [0.2, 0.25) is 5.91 Å². The maximum atomic E-state index is 12.1. The Hall–Kier alpha value is -0.680. The third-order valence-electron chi connectivity index (χ3n) is 3.88. The number of carbonyl (C=O) groups is 1. The molecule has 90 valence electrons. The number of thiocarbonyl (C=S) groups is 1. The number of amides is 1. The van der Waals surface area contributed by atoms with Crippen LogP contribution >= 0.6 is 12.2 Å². The molecular formula is C11H18N2O2S. The van der Waals surface area contributed by atoms with Gasteiger partial charge in [-0.25, -0.2) is 0 Å². The van der Waals surface area contributed by atoms with Gasteiger partial charge in [-0.3, -0.25) is 4.79 Å². The Morgan fingerprint density at radius 2 is 2.12 bits per heavy atom.